The van der Waals surface area contributed by atoms with Crippen LogP contribution in [-0.2, 0) is 16.4 Å². The zero-order valence-corrected chi connectivity index (χ0v) is 18.0. The SMILES string of the molecule is Cc1ccc(S(=O)(=O)Nc2cc(C(=O)N3c4ccccc4C[C@@H]3C)ccc2C)cc1. The second-order valence-corrected chi connectivity index (χ2v) is 9.49. The summed E-state index contributed by atoms with van der Waals surface area (Å²) in [6.07, 6.45) is 0.806. The number of hydrogen-bond donors (Lipinski definition) is 1. The number of aryl methyl sites for hydroxylation is 2. The molecule has 0 saturated heterocycles. The van der Waals surface area contributed by atoms with Crippen molar-refractivity contribution in [3.8, 4) is 0 Å². The van der Waals surface area contributed by atoms with Gasteiger partial charge in [0.05, 0.1) is 10.6 Å². The Kier molecular flexibility index (Phi) is 5.12. The summed E-state index contributed by atoms with van der Waals surface area (Å²) in [5, 5.41) is 0. The van der Waals surface area contributed by atoms with Crippen LogP contribution in [0.1, 0.15) is 34.0 Å². The summed E-state index contributed by atoms with van der Waals surface area (Å²) in [5.74, 6) is -0.136. The van der Waals surface area contributed by atoms with Gasteiger partial charge in [-0.3, -0.25) is 9.52 Å². The Morgan fingerprint density at radius 3 is 2.43 bits per heavy atom. The van der Waals surface area contributed by atoms with Gasteiger partial charge in [0.25, 0.3) is 15.9 Å². The Morgan fingerprint density at radius 2 is 1.70 bits per heavy atom. The highest BCUT2D eigenvalue weighted by Gasteiger charge is 2.31. The minimum atomic E-state index is -3.75. The van der Waals surface area contributed by atoms with Gasteiger partial charge in [-0.15, -0.1) is 0 Å². The molecule has 0 radical (unpaired) electrons. The van der Waals surface area contributed by atoms with Crippen molar-refractivity contribution in [3.63, 3.8) is 0 Å². The molecule has 1 amide bonds. The molecule has 1 atom stereocenters. The highest BCUT2D eigenvalue weighted by molar-refractivity contribution is 7.92. The highest BCUT2D eigenvalue weighted by Crippen LogP contribution is 2.33. The first kappa shape index (κ1) is 20.2. The first-order valence-corrected chi connectivity index (χ1v) is 11.4. The van der Waals surface area contributed by atoms with Crippen LogP contribution < -0.4 is 9.62 Å². The molecule has 5 nitrogen and oxygen atoms in total. The summed E-state index contributed by atoms with van der Waals surface area (Å²) in [7, 11) is -3.75. The molecule has 3 aromatic rings. The number of para-hydroxylation sites is 1. The Hall–Kier alpha value is -3.12. The number of fused-ring (bicyclic) bond motifs is 1. The van der Waals surface area contributed by atoms with Gasteiger partial charge >= 0.3 is 0 Å². The molecule has 0 bridgehead atoms. The van der Waals surface area contributed by atoms with Crippen LogP contribution >= 0.6 is 0 Å². The summed E-state index contributed by atoms with van der Waals surface area (Å²) >= 11 is 0. The zero-order chi connectivity index (χ0) is 21.5. The Balaban J connectivity index is 1.65. The fourth-order valence-electron chi connectivity index (χ4n) is 3.80. The third-order valence-electron chi connectivity index (χ3n) is 5.49. The molecule has 0 aliphatic carbocycles. The van der Waals surface area contributed by atoms with Gasteiger partial charge < -0.3 is 4.90 Å². The molecule has 0 fully saturated rings. The van der Waals surface area contributed by atoms with Crippen LogP contribution in [-0.4, -0.2) is 20.4 Å². The van der Waals surface area contributed by atoms with Crippen LogP contribution in [0.3, 0.4) is 0 Å². The van der Waals surface area contributed by atoms with E-state index in [0.717, 1.165) is 28.8 Å². The van der Waals surface area contributed by atoms with Gasteiger partial charge in [0, 0.05) is 17.3 Å². The van der Waals surface area contributed by atoms with Crippen molar-refractivity contribution in [3.05, 3.63) is 89.0 Å². The lowest BCUT2D eigenvalue weighted by atomic mass is 10.1. The van der Waals surface area contributed by atoms with E-state index < -0.39 is 10.0 Å². The number of hydrogen-bond acceptors (Lipinski definition) is 3. The molecule has 1 aliphatic rings. The van der Waals surface area contributed by atoms with Gasteiger partial charge in [0.1, 0.15) is 0 Å². The second-order valence-electron chi connectivity index (χ2n) is 7.81. The third kappa shape index (κ3) is 3.71. The maximum Gasteiger partial charge on any atom is 0.261 e. The van der Waals surface area contributed by atoms with Gasteiger partial charge in [0.15, 0.2) is 0 Å². The van der Waals surface area contributed by atoms with E-state index in [1.807, 2.05) is 45.0 Å². The summed E-state index contributed by atoms with van der Waals surface area (Å²) in [5.41, 5.74) is 4.64. The molecular formula is C24H24N2O3S. The minimum Gasteiger partial charge on any atom is -0.305 e. The van der Waals surface area contributed by atoms with Crippen molar-refractivity contribution in [1.82, 2.24) is 0 Å². The molecule has 3 aromatic carbocycles. The average molecular weight is 421 g/mol. The molecule has 30 heavy (non-hydrogen) atoms. The summed E-state index contributed by atoms with van der Waals surface area (Å²) in [4.78, 5) is 15.3. The summed E-state index contributed by atoms with van der Waals surface area (Å²) in [6.45, 7) is 5.74. The molecular weight excluding hydrogens is 396 g/mol. The number of benzene rings is 3. The lowest BCUT2D eigenvalue weighted by molar-refractivity contribution is 0.0981. The fourth-order valence-corrected chi connectivity index (χ4v) is 4.92. The van der Waals surface area contributed by atoms with Gasteiger partial charge in [-0.05, 0) is 68.7 Å². The fraction of sp³-hybridized carbons (Fsp3) is 0.208. The molecule has 0 unspecified atom stereocenters. The van der Waals surface area contributed by atoms with Gasteiger partial charge in [0.2, 0.25) is 0 Å². The lowest BCUT2D eigenvalue weighted by Gasteiger charge is -2.23. The molecule has 6 heteroatoms. The van der Waals surface area contributed by atoms with E-state index in [2.05, 4.69) is 4.72 Å². The number of amides is 1. The number of rotatable bonds is 4. The normalized spacial score (nSPS) is 15.7. The van der Waals surface area contributed by atoms with Crippen LogP contribution in [0.5, 0.6) is 0 Å². The molecule has 0 saturated carbocycles. The van der Waals surface area contributed by atoms with E-state index >= 15 is 0 Å². The minimum absolute atomic E-state index is 0.0453. The molecule has 0 aromatic heterocycles. The number of sulfonamides is 1. The van der Waals surface area contributed by atoms with Crippen LogP contribution in [0.4, 0.5) is 11.4 Å². The molecule has 1 N–H and O–H groups in total. The van der Waals surface area contributed by atoms with Crippen LogP contribution in [0.15, 0.2) is 71.6 Å². The average Bonchev–Trinajstić information content (AvgIpc) is 3.05. The molecule has 0 spiro atoms. The molecule has 4 rings (SSSR count). The van der Waals surface area contributed by atoms with Crippen LogP contribution in [0, 0.1) is 13.8 Å². The lowest BCUT2D eigenvalue weighted by Crippen LogP contribution is -2.35. The third-order valence-corrected chi connectivity index (χ3v) is 6.87. The zero-order valence-electron chi connectivity index (χ0n) is 17.2. The summed E-state index contributed by atoms with van der Waals surface area (Å²) in [6, 6.07) is 19.7. The maximum absolute atomic E-state index is 13.3. The van der Waals surface area contributed by atoms with Crippen molar-refractivity contribution in [2.24, 2.45) is 0 Å². The number of nitrogens with one attached hydrogen (secondary N) is 1. The van der Waals surface area contributed by atoms with Crippen molar-refractivity contribution in [2.45, 2.75) is 38.1 Å². The van der Waals surface area contributed by atoms with Crippen molar-refractivity contribution in [1.29, 1.82) is 0 Å². The molecule has 1 heterocycles. The monoisotopic (exact) mass is 420 g/mol. The van der Waals surface area contributed by atoms with Gasteiger partial charge in [-0.25, -0.2) is 8.42 Å². The molecule has 1 aliphatic heterocycles. The van der Waals surface area contributed by atoms with E-state index in [4.69, 9.17) is 0 Å². The molecule has 154 valence electrons. The van der Waals surface area contributed by atoms with Crippen molar-refractivity contribution >= 4 is 27.3 Å². The van der Waals surface area contributed by atoms with Crippen molar-refractivity contribution < 1.29 is 13.2 Å². The van der Waals surface area contributed by atoms with E-state index in [1.54, 1.807) is 47.4 Å². The second kappa shape index (κ2) is 7.61. The Labute approximate surface area is 177 Å². The standard InChI is InChI=1S/C24H24N2O3S/c1-16-8-12-21(13-9-16)30(28,29)25-22-15-20(11-10-17(22)2)24(27)26-18(3)14-19-6-4-5-7-23(19)26/h4-13,15,18,25H,14H2,1-3H3/t18-/m0/s1. The largest absolute Gasteiger partial charge is 0.305 e. The Bertz CT molecular complexity index is 1220. The van der Waals surface area contributed by atoms with Gasteiger partial charge in [-0.2, -0.15) is 0 Å². The number of carbonyl (C=O) groups excluding carboxylic acids is 1. The van der Waals surface area contributed by atoms with Crippen LogP contribution in [0.2, 0.25) is 0 Å². The summed E-state index contributed by atoms with van der Waals surface area (Å²) < 4.78 is 28.3. The predicted octanol–water partition coefficient (Wildman–Crippen LogP) is 4.70. The Morgan fingerprint density at radius 1 is 1.00 bits per heavy atom. The van der Waals surface area contributed by atoms with E-state index in [0.29, 0.717) is 11.3 Å². The first-order chi connectivity index (χ1) is 14.3. The first-order valence-electron chi connectivity index (χ1n) is 9.88. The van der Waals surface area contributed by atoms with E-state index in [9.17, 15) is 13.2 Å². The maximum atomic E-state index is 13.3. The van der Waals surface area contributed by atoms with Gasteiger partial charge in [-0.1, -0.05) is 42.0 Å². The van der Waals surface area contributed by atoms with Crippen molar-refractivity contribution in [2.75, 3.05) is 9.62 Å². The smallest absolute Gasteiger partial charge is 0.261 e. The number of anilines is 2. The number of nitrogens with zero attached hydrogens (tertiary/aromatic N) is 1. The quantitative estimate of drug-likeness (QED) is 0.666. The topological polar surface area (TPSA) is 66.5 Å². The van der Waals surface area contributed by atoms with E-state index in [-0.39, 0.29) is 16.8 Å². The predicted molar refractivity (Wildman–Crippen MR) is 120 cm³/mol. The van der Waals surface area contributed by atoms with E-state index in [1.165, 1.54) is 0 Å². The highest BCUT2D eigenvalue weighted by atomic mass is 32.2. The number of carbonyl (C=O) groups is 1. The van der Waals surface area contributed by atoms with Crippen LogP contribution in [0.25, 0.3) is 0 Å².